The SMILES string of the molecule is COc1ccc(CN2CCCC(CO)(Cc3ccccc3F)C2)c(F)c1. The van der Waals surface area contributed by atoms with Crippen molar-refractivity contribution in [1.29, 1.82) is 0 Å². The number of hydrogen-bond donors (Lipinski definition) is 1. The van der Waals surface area contributed by atoms with E-state index in [0.717, 1.165) is 19.4 Å². The van der Waals surface area contributed by atoms with Gasteiger partial charge in [-0.15, -0.1) is 0 Å². The molecule has 0 aliphatic carbocycles. The predicted octanol–water partition coefficient (Wildman–Crippen LogP) is 3.79. The lowest BCUT2D eigenvalue weighted by atomic mass is 9.75. The van der Waals surface area contributed by atoms with Gasteiger partial charge in [-0.25, -0.2) is 8.78 Å². The molecule has 3 rings (SSSR count). The Hall–Kier alpha value is -1.98. The molecule has 1 N–H and O–H groups in total. The summed E-state index contributed by atoms with van der Waals surface area (Å²) in [6.45, 7) is 1.91. The number of aliphatic hydroxyl groups excluding tert-OH is 1. The van der Waals surface area contributed by atoms with Crippen molar-refractivity contribution in [2.24, 2.45) is 5.41 Å². The lowest BCUT2D eigenvalue weighted by Crippen LogP contribution is -2.46. The number of likely N-dealkylation sites (tertiary alicyclic amines) is 1. The third-order valence-corrected chi connectivity index (χ3v) is 5.25. The van der Waals surface area contributed by atoms with Crippen LogP contribution in [0.4, 0.5) is 8.78 Å². The van der Waals surface area contributed by atoms with E-state index in [0.29, 0.717) is 36.4 Å². The number of halogens is 2. The summed E-state index contributed by atoms with van der Waals surface area (Å²) in [6.07, 6.45) is 2.21. The van der Waals surface area contributed by atoms with Crippen LogP contribution in [0.3, 0.4) is 0 Å². The molecule has 1 aliphatic heterocycles. The van der Waals surface area contributed by atoms with Gasteiger partial charge in [0, 0.05) is 30.1 Å². The van der Waals surface area contributed by atoms with Crippen LogP contribution >= 0.6 is 0 Å². The summed E-state index contributed by atoms with van der Waals surface area (Å²) >= 11 is 0. The Morgan fingerprint density at radius 3 is 2.62 bits per heavy atom. The molecule has 1 fully saturated rings. The molecule has 3 nitrogen and oxygen atoms in total. The maximum Gasteiger partial charge on any atom is 0.131 e. The monoisotopic (exact) mass is 361 g/mol. The van der Waals surface area contributed by atoms with Gasteiger partial charge in [-0.2, -0.15) is 0 Å². The van der Waals surface area contributed by atoms with Gasteiger partial charge >= 0.3 is 0 Å². The largest absolute Gasteiger partial charge is 0.497 e. The molecular weight excluding hydrogens is 336 g/mol. The van der Waals surface area contributed by atoms with Crippen LogP contribution in [0.5, 0.6) is 5.75 Å². The summed E-state index contributed by atoms with van der Waals surface area (Å²) in [4.78, 5) is 2.14. The fraction of sp³-hybridized carbons (Fsp3) is 0.429. The van der Waals surface area contributed by atoms with Crippen molar-refractivity contribution in [2.75, 3.05) is 26.8 Å². The minimum Gasteiger partial charge on any atom is -0.497 e. The Labute approximate surface area is 153 Å². The molecule has 0 radical (unpaired) electrons. The van der Waals surface area contributed by atoms with Gasteiger partial charge in [0.1, 0.15) is 17.4 Å². The van der Waals surface area contributed by atoms with Gasteiger partial charge in [0.25, 0.3) is 0 Å². The molecular formula is C21H25F2NO2. The number of aliphatic hydroxyl groups is 1. The number of nitrogens with zero attached hydrogens (tertiary/aromatic N) is 1. The van der Waals surface area contributed by atoms with Crippen molar-refractivity contribution >= 4 is 0 Å². The number of methoxy groups -OCH3 is 1. The van der Waals surface area contributed by atoms with Crippen LogP contribution in [-0.2, 0) is 13.0 Å². The summed E-state index contributed by atoms with van der Waals surface area (Å²) in [5.74, 6) is -0.0357. The minimum absolute atomic E-state index is 0.0110. The second kappa shape index (κ2) is 8.14. The second-order valence-corrected chi connectivity index (χ2v) is 7.20. The Bertz CT molecular complexity index is 753. The lowest BCUT2D eigenvalue weighted by Gasteiger charge is -2.42. The fourth-order valence-corrected chi connectivity index (χ4v) is 3.84. The van der Waals surface area contributed by atoms with Crippen molar-refractivity contribution in [3.8, 4) is 5.75 Å². The fourth-order valence-electron chi connectivity index (χ4n) is 3.84. The molecule has 1 atom stereocenters. The number of ether oxygens (including phenoxy) is 1. The molecule has 0 spiro atoms. The third kappa shape index (κ3) is 4.22. The van der Waals surface area contributed by atoms with Gasteiger partial charge in [0.15, 0.2) is 0 Å². The smallest absolute Gasteiger partial charge is 0.131 e. The van der Waals surface area contributed by atoms with Crippen LogP contribution < -0.4 is 4.74 Å². The average Bonchev–Trinajstić information content (AvgIpc) is 2.65. The van der Waals surface area contributed by atoms with E-state index in [2.05, 4.69) is 4.90 Å². The number of rotatable bonds is 6. The maximum absolute atomic E-state index is 14.3. The zero-order valence-corrected chi connectivity index (χ0v) is 15.0. The standard InChI is InChI=1S/C21H25F2NO2/c1-26-18-8-7-17(20(23)11-18)13-24-10-4-9-21(14-24,15-25)12-16-5-2-3-6-19(16)22/h2-3,5-8,11,25H,4,9-10,12-15H2,1H3. The highest BCUT2D eigenvalue weighted by Gasteiger charge is 2.36. The van der Waals surface area contributed by atoms with Gasteiger partial charge in [0.05, 0.1) is 13.7 Å². The van der Waals surface area contributed by atoms with Crippen molar-refractivity contribution in [1.82, 2.24) is 4.90 Å². The van der Waals surface area contributed by atoms with Crippen LogP contribution in [0, 0.1) is 17.0 Å². The predicted molar refractivity (Wildman–Crippen MR) is 97.1 cm³/mol. The van der Waals surface area contributed by atoms with Crippen LogP contribution in [0.1, 0.15) is 24.0 Å². The first-order valence-corrected chi connectivity index (χ1v) is 8.94. The van der Waals surface area contributed by atoms with Crippen LogP contribution in [0.25, 0.3) is 0 Å². The molecule has 1 unspecified atom stereocenters. The number of piperidine rings is 1. The van der Waals surface area contributed by atoms with E-state index >= 15 is 0 Å². The van der Waals surface area contributed by atoms with E-state index in [9.17, 15) is 13.9 Å². The zero-order valence-electron chi connectivity index (χ0n) is 15.0. The molecule has 0 saturated carbocycles. The Balaban J connectivity index is 1.74. The molecule has 0 aromatic heterocycles. The number of benzene rings is 2. The Morgan fingerprint density at radius 2 is 1.92 bits per heavy atom. The van der Waals surface area contributed by atoms with E-state index in [4.69, 9.17) is 4.74 Å². The van der Waals surface area contributed by atoms with Crippen LogP contribution in [0.2, 0.25) is 0 Å². The van der Waals surface area contributed by atoms with Crippen molar-refractivity contribution < 1.29 is 18.6 Å². The van der Waals surface area contributed by atoms with Crippen molar-refractivity contribution in [2.45, 2.75) is 25.8 Å². The van der Waals surface area contributed by atoms with E-state index in [1.54, 1.807) is 24.3 Å². The molecule has 1 aliphatic rings. The summed E-state index contributed by atoms with van der Waals surface area (Å²) in [5, 5.41) is 10.1. The highest BCUT2D eigenvalue weighted by atomic mass is 19.1. The quantitative estimate of drug-likeness (QED) is 0.850. The molecule has 1 heterocycles. The number of hydrogen-bond acceptors (Lipinski definition) is 3. The molecule has 0 amide bonds. The second-order valence-electron chi connectivity index (χ2n) is 7.20. The summed E-state index contributed by atoms with van der Waals surface area (Å²) < 4.78 is 33.4. The van der Waals surface area contributed by atoms with Gasteiger partial charge in [0.2, 0.25) is 0 Å². The molecule has 0 bridgehead atoms. The molecule has 2 aromatic carbocycles. The first-order valence-electron chi connectivity index (χ1n) is 8.94. The van der Waals surface area contributed by atoms with Crippen LogP contribution in [-0.4, -0.2) is 36.8 Å². The first-order chi connectivity index (χ1) is 12.5. The molecule has 5 heteroatoms. The minimum atomic E-state index is -0.399. The highest BCUT2D eigenvalue weighted by molar-refractivity contribution is 5.29. The van der Waals surface area contributed by atoms with E-state index in [-0.39, 0.29) is 18.2 Å². The topological polar surface area (TPSA) is 32.7 Å². The van der Waals surface area contributed by atoms with E-state index < -0.39 is 5.41 Å². The van der Waals surface area contributed by atoms with Gasteiger partial charge in [-0.05, 0) is 43.5 Å². The molecule has 1 saturated heterocycles. The van der Waals surface area contributed by atoms with Crippen molar-refractivity contribution in [3.63, 3.8) is 0 Å². The Kier molecular flexibility index (Phi) is 5.89. The molecule has 2 aromatic rings. The average molecular weight is 361 g/mol. The van der Waals surface area contributed by atoms with Gasteiger partial charge < -0.3 is 9.84 Å². The Morgan fingerprint density at radius 1 is 1.12 bits per heavy atom. The van der Waals surface area contributed by atoms with E-state index in [1.807, 2.05) is 6.07 Å². The molecule has 140 valence electrons. The van der Waals surface area contributed by atoms with E-state index in [1.165, 1.54) is 19.2 Å². The normalized spacial score (nSPS) is 20.9. The molecule has 26 heavy (non-hydrogen) atoms. The zero-order chi connectivity index (χ0) is 18.6. The lowest BCUT2D eigenvalue weighted by molar-refractivity contribution is 0.0278. The highest BCUT2D eigenvalue weighted by Crippen LogP contribution is 2.35. The van der Waals surface area contributed by atoms with Crippen LogP contribution in [0.15, 0.2) is 42.5 Å². The summed E-state index contributed by atoms with van der Waals surface area (Å²) in [7, 11) is 1.51. The maximum atomic E-state index is 14.3. The van der Waals surface area contributed by atoms with Gasteiger partial charge in [-0.3, -0.25) is 4.90 Å². The van der Waals surface area contributed by atoms with Gasteiger partial charge in [-0.1, -0.05) is 24.3 Å². The summed E-state index contributed by atoms with van der Waals surface area (Å²) in [6, 6.07) is 11.6. The first kappa shape index (κ1) is 18.8. The van der Waals surface area contributed by atoms with Crippen molar-refractivity contribution in [3.05, 3.63) is 65.2 Å². The third-order valence-electron chi connectivity index (χ3n) is 5.25. The summed E-state index contributed by atoms with van der Waals surface area (Å²) in [5.41, 5.74) is 0.827.